The molecule has 1 N–H and O–H groups in total. The van der Waals surface area contributed by atoms with E-state index in [-0.39, 0.29) is 12.5 Å². The second kappa shape index (κ2) is 7.57. The van der Waals surface area contributed by atoms with Gasteiger partial charge in [0.1, 0.15) is 0 Å². The van der Waals surface area contributed by atoms with Crippen molar-refractivity contribution in [3.63, 3.8) is 0 Å². The number of nitrogens with zero attached hydrogens (tertiary/aromatic N) is 2. The molecule has 0 spiro atoms. The third kappa shape index (κ3) is 4.78. The van der Waals surface area contributed by atoms with Crippen molar-refractivity contribution >= 4 is 5.91 Å². The molecule has 92 valence electrons. The van der Waals surface area contributed by atoms with Crippen molar-refractivity contribution < 1.29 is 9.90 Å². The third-order valence-corrected chi connectivity index (χ3v) is 2.42. The molecule has 4 heteroatoms. The minimum Gasteiger partial charge on any atom is -0.395 e. The summed E-state index contributed by atoms with van der Waals surface area (Å²) in [5.41, 5.74) is 1.04. The molecule has 0 aliphatic rings. The number of carbonyl (C=O) groups is 1. The summed E-state index contributed by atoms with van der Waals surface area (Å²) in [7, 11) is 0. The maximum Gasteiger partial charge on any atom is 0.223 e. The molecule has 0 bridgehead atoms. The van der Waals surface area contributed by atoms with Gasteiger partial charge < -0.3 is 10.0 Å². The molecular weight excluding hydrogens is 216 g/mol. The van der Waals surface area contributed by atoms with E-state index in [2.05, 4.69) is 11.6 Å². The van der Waals surface area contributed by atoms with Gasteiger partial charge in [0.2, 0.25) is 5.91 Å². The second-order valence-electron chi connectivity index (χ2n) is 3.71. The van der Waals surface area contributed by atoms with Crippen LogP contribution in [0.1, 0.15) is 12.0 Å². The first-order valence-electron chi connectivity index (χ1n) is 5.66. The van der Waals surface area contributed by atoms with Crippen molar-refractivity contribution in [1.29, 1.82) is 0 Å². The van der Waals surface area contributed by atoms with Crippen LogP contribution in [0.5, 0.6) is 0 Å². The fourth-order valence-electron chi connectivity index (χ4n) is 1.55. The Balaban J connectivity index is 2.44. The predicted octanol–water partition coefficient (Wildman–Crippen LogP) is 1.02. The van der Waals surface area contributed by atoms with Gasteiger partial charge in [-0.25, -0.2) is 0 Å². The summed E-state index contributed by atoms with van der Waals surface area (Å²) >= 11 is 0. The number of carbonyl (C=O) groups excluding carboxylic acids is 1. The molecular formula is C13H18N2O2. The van der Waals surface area contributed by atoms with E-state index in [1.165, 1.54) is 0 Å². The van der Waals surface area contributed by atoms with E-state index in [0.717, 1.165) is 5.56 Å². The average molecular weight is 234 g/mol. The maximum absolute atomic E-state index is 11.8. The van der Waals surface area contributed by atoms with E-state index in [4.69, 9.17) is 5.11 Å². The highest BCUT2D eigenvalue weighted by molar-refractivity contribution is 5.76. The van der Waals surface area contributed by atoms with Gasteiger partial charge in [0.05, 0.1) is 6.61 Å². The van der Waals surface area contributed by atoms with Crippen LogP contribution in [0.4, 0.5) is 0 Å². The monoisotopic (exact) mass is 234 g/mol. The fraction of sp³-hybridized carbons (Fsp3) is 0.385. The number of amides is 1. The van der Waals surface area contributed by atoms with Gasteiger partial charge in [0, 0.05) is 31.9 Å². The van der Waals surface area contributed by atoms with Gasteiger partial charge in [-0.15, -0.1) is 6.58 Å². The Labute approximate surface area is 102 Å². The van der Waals surface area contributed by atoms with Crippen molar-refractivity contribution in [2.45, 2.75) is 12.8 Å². The number of pyridine rings is 1. The van der Waals surface area contributed by atoms with Crippen molar-refractivity contribution in [2.75, 3.05) is 19.7 Å². The Hall–Kier alpha value is -1.68. The van der Waals surface area contributed by atoms with Crippen molar-refractivity contribution in [2.24, 2.45) is 0 Å². The van der Waals surface area contributed by atoms with Crippen LogP contribution in [0.3, 0.4) is 0 Å². The van der Waals surface area contributed by atoms with Crippen LogP contribution in [-0.2, 0) is 11.2 Å². The number of aryl methyl sites for hydroxylation is 1. The van der Waals surface area contributed by atoms with E-state index in [1.807, 2.05) is 12.1 Å². The van der Waals surface area contributed by atoms with Crippen molar-refractivity contribution in [1.82, 2.24) is 9.88 Å². The fourth-order valence-corrected chi connectivity index (χ4v) is 1.55. The Kier molecular flexibility index (Phi) is 5.96. The molecule has 1 aromatic rings. The third-order valence-electron chi connectivity index (χ3n) is 2.42. The van der Waals surface area contributed by atoms with E-state index >= 15 is 0 Å². The lowest BCUT2D eigenvalue weighted by Gasteiger charge is -2.19. The van der Waals surface area contributed by atoms with Crippen LogP contribution in [0, 0.1) is 0 Å². The average Bonchev–Trinajstić information content (AvgIpc) is 2.37. The minimum atomic E-state index is -0.0214. The first-order valence-corrected chi connectivity index (χ1v) is 5.66. The van der Waals surface area contributed by atoms with Crippen LogP contribution in [0.25, 0.3) is 0 Å². The molecule has 0 atom stereocenters. The Morgan fingerprint density at radius 1 is 1.59 bits per heavy atom. The van der Waals surface area contributed by atoms with Crippen LogP contribution >= 0.6 is 0 Å². The summed E-state index contributed by atoms with van der Waals surface area (Å²) in [5.74, 6) is 0.0304. The zero-order chi connectivity index (χ0) is 12.5. The number of hydrogen-bond acceptors (Lipinski definition) is 3. The van der Waals surface area contributed by atoms with Crippen LogP contribution in [0.15, 0.2) is 37.2 Å². The lowest BCUT2D eigenvalue weighted by molar-refractivity contribution is -0.131. The van der Waals surface area contributed by atoms with Gasteiger partial charge in [0.15, 0.2) is 0 Å². The molecule has 1 heterocycles. The Morgan fingerprint density at radius 3 is 3.00 bits per heavy atom. The first-order chi connectivity index (χ1) is 8.27. The molecule has 0 saturated carbocycles. The maximum atomic E-state index is 11.8. The quantitative estimate of drug-likeness (QED) is 0.717. The Bertz CT molecular complexity index is 352. The molecule has 0 unspecified atom stereocenters. The van der Waals surface area contributed by atoms with E-state index in [0.29, 0.717) is 25.9 Å². The van der Waals surface area contributed by atoms with Crippen LogP contribution < -0.4 is 0 Å². The van der Waals surface area contributed by atoms with E-state index < -0.39 is 0 Å². The molecule has 0 fully saturated rings. The number of aliphatic hydroxyl groups excluding tert-OH is 1. The van der Waals surface area contributed by atoms with Gasteiger partial charge in [-0.05, 0) is 18.1 Å². The normalized spacial score (nSPS) is 9.94. The second-order valence-corrected chi connectivity index (χ2v) is 3.71. The first kappa shape index (κ1) is 13.4. The molecule has 0 aliphatic carbocycles. The summed E-state index contributed by atoms with van der Waals surface area (Å²) in [4.78, 5) is 17.4. The van der Waals surface area contributed by atoms with Crippen LogP contribution in [0.2, 0.25) is 0 Å². The Morgan fingerprint density at radius 2 is 2.41 bits per heavy atom. The summed E-state index contributed by atoms with van der Waals surface area (Å²) in [6.07, 6.45) is 6.24. The number of aliphatic hydroxyl groups is 1. The minimum absolute atomic E-state index is 0.0214. The molecule has 1 rings (SSSR count). The largest absolute Gasteiger partial charge is 0.395 e. The lowest BCUT2D eigenvalue weighted by atomic mass is 10.1. The van der Waals surface area contributed by atoms with Gasteiger partial charge in [-0.1, -0.05) is 12.1 Å². The molecule has 4 nitrogen and oxygen atoms in total. The summed E-state index contributed by atoms with van der Waals surface area (Å²) in [5, 5.41) is 8.86. The summed E-state index contributed by atoms with van der Waals surface area (Å²) in [6, 6.07) is 3.80. The molecule has 0 radical (unpaired) electrons. The van der Waals surface area contributed by atoms with Gasteiger partial charge in [-0.3, -0.25) is 9.78 Å². The molecule has 1 amide bonds. The predicted molar refractivity (Wildman–Crippen MR) is 66.4 cm³/mol. The molecule has 0 saturated heterocycles. The standard InChI is InChI=1S/C13H18N2O2/c1-2-8-15(9-10-16)13(17)6-5-12-4-3-7-14-11-12/h2-4,7,11,16H,1,5-6,8-10H2. The van der Waals surface area contributed by atoms with Gasteiger partial charge in [-0.2, -0.15) is 0 Å². The van der Waals surface area contributed by atoms with Crippen molar-refractivity contribution in [3.05, 3.63) is 42.7 Å². The van der Waals surface area contributed by atoms with Gasteiger partial charge >= 0.3 is 0 Å². The lowest BCUT2D eigenvalue weighted by Crippen LogP contribution is -2.33. The zero-order valence-electron chi connectivity index (χ0n) is 9.88. The smallest absolute Gasteiger partial charge is 0.223 e. The SMILES string of the molecule is C=CCN(CCO)C(=O)CCc1cccnc1. The van der Waals surface area contributed by atoms with E-state index in [9.17, 15) is 4.79 Å². The summed E-state index contributed by atoms with van der Waals surface area (Å²) < 4.78 is 0. The number of rotatable bonds is 7. The molecule has 17 heavy (non-hydrogen) atoms. The zero-order valence-corrected chi connectivity index (χ0v) is 9.88. The van der Waals surface area contributed by atoms with Crippen LogP contribution in [-0.4, -0.2) is 40.6 Å². The topological polar surface area (TPSA) is 53.4 Å². The number of aromatic nitrogens is 1. The highest BCUT2D eigenvalue weighted by Gasteiger charge is 2.11. The van der Waals surface area contributed by atoms with Gasteiger partial charge in [0.25, 0.3) is 0 Å². The molecule has 0 aliphatic heterocycles. The van der Waals surface area contributed by atoms with E-state index in [1.54, 1.807) is 23.4 Å². The number of hydrogen-bond donors (Lipinski definition) is 1. The highest BCUT2D eigenvalue weighted by atomic mass is 16.3. The highest BCUT2D eigenvalue weighted by Crippen LogP contribution is 2.03. The molecule has 1 aromatic heterocycles. The summed E-state index contributed by atoms with van der Waals surface area (Å²) in [6.45, 7) is 4.41. The molecule has 0 aromatic carbocycles. The van der Waals surface area contributed by atoms with Crippen molar-refractivity contribution in [3.8, 4) is 0 Å².